The van der Waals surface area contributed by atoms with Crippen LogP contribution in [-0.2, 0) is 28.7 Å². The number of nitrogens with one attached hydrogen (secondary N) is 1. The second-order valence-corrected chi connectivity index (χ2v) is 7.43. The van der Waals surface area contributed by atoms with Gasteiger partial charge in [-0.2, -0.15) is 0 Å². The zero-order chi connectivity index (χ0) is 19.0. The Morgan fingerprint density at radius 3 is 1.64 bits per heavy atom. The number of thioether (sulfide) groups is 2. The van der Waals surface area contributed by atoms with Crippen LogP contribution in [-0.4, -0.2) is 71.1 Å². The first-order chi connectivity index (χ1) is 11.8. The van der Waals surface area contributed by atoms with Gasteiger partial charge in [-0.3, -0.25) is 24.5 Å². The van der Waals surface area contributed by atoms with Crippen molar-refractivity contribution in [3.8, 4) is 0 Å². The Morgan fingerprint density at radius 1 is 0.960 bits per heavy atom. The maximum Gasteiger partial charge on any atom is 0.323 e. The van der Waals surface area contributed by atoms with Crippen molar-refractivity contribution in [1.82, 2.24) is 5.32 Å². The van der Waals surface area contributed by atoms with Gasteiger partial charge >= 0.3 is 11.9 Å². The van der Waals surface area contributed by atoms with Crippen molar-refractivity contribution in [3.05, 3.63) is 0 Å². The molecular formula is C14H23N3O6S2. The van der Waals surface area contributed by atoms with Crippen LogP contribution in [0.2, 0.25) is 0 Å². The molecule has 25 heavy (non-hydrogen) atoms. The SMILES string of the molecule is CCOC(=O)C(N)CSC1C(=O)NC(=O)C1SCC(N)C(=O)OCC. The van der Waals surface area contributed by atoms with Crippen LogP contribution in [0.3, 0.4) is 0 Å². The number of carbonyl (C=O) groups is 4. The second kappa shape index (κ2) is 10.6. The van der Waals surface area contributed by atoms with E-state index in [1.54, 1.807) is 13.8 Å². The number of hydrogen-bond donors (Lipinski definition) is 3. The Balaban J connectivity index is 2.58. The molecule has 0 bridgehead atoms. The zero-order valence-corrected chi connectivity index (χ0v) is 15.7. The minimum Gasteiger partial charge on any atom is -0.465 e. The van der Waals surface area contributed by atoms with Gasteiger partial charge in [0.05, 0.1) is 13.2 Å². The maximum absolute atomic E-state index is 11.9. The normalized spacial score (nSPS) is 22.2. The number of rotatable bonds is 10. The minimum absolute atomic E-state index is 0.130. The topological polar surface area (TPSA) is 151 Å². The molecule has 0 saturated carbocycles. The standard InChI is InChI=1S/C14H23N3O6S2/c1-3-22-13(20)7(15)5-24-9-10(12(19)17-11(9)18)25-6-8(16)14(21)23-4-2/h7-10H,3-6,15-16H2,1-2H3,(H,17,18,19). The number of carbonyl (C=O) groups excluding carboxylic acids is 4. The molecule has 4 unspecified atom stereocenters. The van der Waals surface area contributed by atoms with Crippen molar-refractivity contribution >= 4 is 47.3 Å². The van der Waals surface area contributed by atoms with Crippen LogP contribution in [0.1, 0.15) is 13.8 Å². The highest BCUT2D eigenvalue weighted by atomic mass is 32.2. The third-order valence-electron chi connectivity index (χ3n) is 3.13. The molecule has 0 aromatic carbocycles. The highest BCUT2D eigenvalue weighted by molar-refractivity contribution is 8.05. The van der Waals surface area contributed by atoms with Gasteiger partial charge in [0.25, 0.3) is 0 Å². The summed E-state index contributed by atoms with van der Waals surface area (Å²) in [6, 6.07) is -1.78. The van der Waals surface area contributed by atoms with Crippen molar-refractivity contribution in [2.75, 3.05) is 24.7 Å². The van der Waals surface area contributed by atoms with E-state index < -0.39 is 46.3 Å². The van der Waals surface area contributed by atoms with Gasteiger partial charge in [0.15, 0.2) is 0 Å². The summed E-state index contributed by atoms with van der Waals surface area (Å²) in [4.78, 5) is 46.9. The molecule has 0 aromatic heterocycles. The van der Waals surface area contributed by atoms with Crippen LogP contribution >= 0.6 is 23.5 Å². The minimum atomic E-state index is -0.888. The Labute approximate surface area is 154 Å². The van der Waals surface area contributed by atoms with Crippen LogP contribution in [0, 0.1) is 0 Å². The first-order valence-corrected chi connectivity index (χ1v) is 9.83. The van der Waals surface area contributed by atoms with Gasteiger partial charge in [0, 0.05) is 11.5 Å². The smallest absolute Gasteiger partial charge is 0.323 e. The molecule has 2 amide bonds. The molecule has 0 spiro atoms. The predicted octanol–water partition coefficient (Wildman–Crippen LogP) is -1.37. The van der Waals surface area contributed by atoms with Gasteiger partial charge in [0.2, 0.25) is 11.8 Å². The first-order valence-electron chi connectivity index (χ1n) is 7.74. The molecule has 5 N–H and O–H groups in total. The van der Waals surface area contributed by atoms with E-state index in [1.165, 1.54) is 0 Å². The molecule has 0 aromatic rings. The summed E-state index contributed by atoms with van der Waals surface area (Å²) >= 11 is 2.20. The van der Waals surface area contributed by atoms with E-state index in [9.17, 15) is 19.2 Å². The summed E-state index contributed by atoms with van der Waals surface area (Å²) in [6.45, 7) is 3.76. The van der Waals surface area contributed by atoms with Crippen molar-refractivity contribution < 1.29 is 28.7 Å². The lowest BCUT2D eigenvalue weighted by Gasteiger charge is -2.18. The number of hydrogen-bond acceptors (Lipinski definition) is 10. The van der Waals surface area contributed by atoms with Crippen molar-refractivity contribution in [1.29, 1.82) is 0 Å². The zero-order valence-electron chi connectivity index (χ0n) is 14.1. The molecular weight excluding hydrogens is 370 g/mol. The predicted molar refractivity (Wildman–Crippen MR) is 94.9 cm³/mol. The van der Waals surface area contributed by atoms with Gasteiger partial charge in [-0.1, -0.05) is 0 Å². The van der Waals surface area contributed by atoms with Crippen molar-refractivity contribution in [2.24, 2.45) is 11.5 Å². The van der Waals surface area contributed by atoms with E-state index in [1.807, 2.05) is 0 Å². The molecule has 4 atom stereocenters. The molecule has 1 fully saturated rings. The number of nitrogens with two attached hydrogens (primary N) is 2. The van der Waals surface area contributed by atoms with Crippen LogP contribution in [0.5, 0.6) is 0 Å². The molecule has 0 radical (unpaired) electrons. The average molecular weight is 393 g/mol. The molecule has 11 heteroatoms. The lowest BCUT2D eigenvalue weighted by Crippen LogP contribution is -2.38. The van der Waals surface area contributed by atoms with E-state index in [2.05, 4.69) is 5.32 Å². The highest BCUT2D eigenvalue weighted by Crippen LogP contribution is 2.30. The Hall–Kier alpha value is -1.30. The third kappa shape index (κ3) is 6.49. The highest BCUT2D eigenvalue weighted by Gasteiger charge is 2.43. The molecule has 0 aliphatic carbocycles. The number of ether oxygens (including phenoxy) is 2. The van der Waals surface area contributed by atoms with Crippen LogP contribution in [0.4, 0.5) is 0 Å². The molecule has 1 saturated heterocycles. The average Bonchev–Trinajstić information content (AvgIpc) is 2.83. The van der Waals surface area contributed by atoms with Crippen LogP contribution in [0.25, 0.3) is 0 Å². The van der Waals surface area contributed by atoms with E-state index in [0.717, 1.165) is 23.5 Å². The molecule has 1 aliphatic rings. The molecule has 1 heterocycles. The van der Waals surface area contributed by atoms with E-state index in [0.29, 0.717) is 0 Å². The fourth-order valence-corrected chi connectivity index (χ4v) is 4.50. The van der Waals surface area contributed by atoms with Gasteiger partial charge in [-0.15, -0.1) is 23.5 Å². The van der Waals surface area contributed by atoms with Gasteiger partial charge in [-0.05, 0) is 13.8 Å². The van der Waals surface area contributed by atoms with Crippen molar-refractivity contribution in [2.45, 2.75) is 36.4 Å². The second-order valence-electron chi connectivity index (χ2n) is 5.08. The lowest BCUT2D eigenvalue weighted by molar-refractivity contribution is -0.144. The lowest BCUT2D eigenvalue weighted by atomic mass is 10.3. The molecule has 9 nitrogen and oxygen atoms in total. The van der Waals surface area contributed by atoms with Crippen molar-refractivity contribution in [3.63, 3.8) is 0 Å². The van der Waals surface area contributed by atoms with Crippen LogP contribution in [0.15, 0.2) is 0 Å². The summed E-state index contributed by atoms with van der Waals surface area (Å²) in [5, 5.41) is 0.809. The Bertz CT molecular complexity index is 475. The first kappa shape index (κ1) is 21.7. The Morgan fingerprint density at radius 2 is 1.32 bits per heavy atom. The van der Waals surface area contributed by atoms with E-state index in [-0.39, 0.29) is 24.7 Å². The quantitative estimate of drug-likeness (QED) is 0.299. The number of esters is 2. The summed E-state index contributed by atoms with van der Waals surface area (Å²) in [5.41, 5.74) is 11.4. The Kier molecular flexibility index (Phi) is 9.25. The molecule has 1 aliphatic heterocycles. The number of imide groups is 1. The third-order valence-corrected chi connectivity index (χ3v) is 6.09. The fourth-order valence-electron chi connectivity index (χ4n) is 1.91. The largest absolute Gasteiger partial charge is 0.465 e. The monoisotopic (exact) mass is 393 g/mol. The van der Waals surface area contributed by atoms with Gasteiger partial charge in [-0.25, -0.2) is 0 Å². The summed E-state index contributed by atoms with van der Waals surface area (Å²) in [7, 11) is 0. The van der Waals surface area contributed by atoms with Gasteiger partial charge in [0.1, 0.15) is 22.6 Å². The summed E-state index contributed by atoms with van der Waals surface area (Å²) < 4.78 is 9.61. The van der Waals surface area contributed by atoms with Gasteiger partial charge < -0.3 is 20.9 Å². The summed E-state index contributed by atoms with van der Waals surface area (Å²) in [6.07, 6.45) is 0. The van der Waals surface area contributed by atoms with Crippen LogP contribution < -0.4 is 16.8 Å². The van der Waals surface area contributed by atoms with E-state index >= 15 is 0 Å². The fraction of sp³-hybridized carbons (Fsp3) is 0.714. The molecule has 1 rings (SSSR count). The maximum atomic E-state index is 11.9. The molecule has 142 valence electrons. The van der Waals surface area contributed by atoms with E-state index in [4.69, 9.17) is 20.9 Å². The summed E-state index contributed by atoms with van der Waals surface area (Å²) in [5.74, 6) is -1.76. The number of amides is 2.